The molecule has 4 aromatic heterocycles. The van der Waals surface area contributed by atoms with Crippen LogP contribution in [0, 0.1) is 0 Å². The van der Waals surface area contributed by atoms with Crippen molar-refractivity contribution in [3.8, 4) is 62.0 Å². The number of pyridine rings is 3. The van der Waals surface area contributed by atoms with Crippen LogP contribution in [0.25, 0.3) is 83.6 Å². The summed E-state index contributed by atoms with van der Waals surface area (Å²) in [5, 5.41) is 8.70. The minimum Gasteiger partial charge on any atom is -0.255 e. The van der Waals surface area contributed by atoms with E-state index in [1.807, 2.05) is 48.5 Å². The largest absolute Gasteiger partial charge is 0.255 e. The Kier molecular flexibility index (Phi) is 7.06. The molecule has 5 nitrogen and oxygen atoms in total. The fraction of sp³-hybridized carbons (Fsp3) is 0. The van der Waals surface area contributed by atoms with Crippen molar-refractivity contribution in [1.29, 1.82) is 0 Å². The van der Waals surface area contributed by atoms with E-state index in [9.17, 15) is 0 Å². The summed E-state index contributed by atoms with van der Waals surface area (Å²) in [5.74, 6) is 0. The molecular weight excluding hydrogens is 599 g/mol. The molecule has 0 amide bonds. The van der Waals surface area contributed by atoms with E-state index >= 15 is 0 Å². The summed E-state index contributed by atoms with van der Waals surface area (Å²) in [7, 11) is 0. The highest BCUT2D eigenvalue weighted by molar-refractivity contribution is 6.17. The molecule has 0 aliphatic carbocycles. The van der Waals surface area contributed by atoms with Crippen molar-refractivity contribution in [2.24, 2.45) is 0 Å². The molecule has 49 heavy (non-hydrogen) atoms. The summed E-state index contributed by atoms with van der Waals surface area (Å²) in [6, 6.07) is 56.6. The predicted molar refractivity (Wildman–Crippen MR) is 199 cm³/mol. The first-order valence-corrected chi connectivity index (χ1v) is 16.3. The topological polar surface area (TPSA) is 56.5 Å². The third kappa shape index (κ3) is 5.24. The second-order valence-electron chi connectivity index (χ2n) is 12.0. The molecule has 0 N–H and O–H groups in total. The molecule has 9 aromatic rings. The van der Waals surface area contributed by atoms with Crippen LogP contribution in [-0.4, -0.2) is 24.7 Å². The monoisotopic (exact) mass is 627 g/mol. The molecular formula is C44H29N5. The maximum absolute atomic E-state index is 5.33. The Morgan fingerprint density at radius 1 is 0.429 bits per heavy atom. The van der Waals surface area contributed by atoms with Crippen LogP contribution < -0.4 is 0 Å². The third-order valence-corrected chi connectivity index (χ3v) is 8.91. The molecule has 0 saturated heterocycles. The first-order chi connectivity index (χ1) is 24.3. The van der Waals surface area contributed by atoms with Crippen molar-refractivity contribution in [3.63, 3.8) is 0 Å². The zero-order valence-corrected chi connectivity index (χ0v) is 26.5. The van der Waals surface area contributed by atoms with Crippen molar-refractivity contribution < 1.29 is 0 Å². The molecule has 5 aromatic carbocycles. The lowest BCUT2D eigenvalue weighted by atomic mass is 9.92. The Balaban J connectivity index is 1.34. The highest BCUT2D eigenvalue weighted by Gasteiger charge is 2.21. The van der Waals surface area contributed by atoms with E-state index < -0.39 is 0 Å². The molecule has 0 atom stereocenters. The van der Waals surface area contributed by atoms with Crippen LogP contribution in [0.3, 0.4) is 0 Å². The van der Waals surface area contributed by atoms with Crippen LogP contribution in [0.5, 0.6) is 0 Å². The number of fused-ring (bicyclic) bond motifs is 3. The Labute approximate surface area is 283 Å². The molecule has 0 aliphatic rings. The first kappa shape index (κ1) is 28.5. The van der Waals surface area contributed by atoms with Gasteiger partial charge in [-0.3, -0.25) is 9.97 Å². The minimum absolute atomic E-state index is 0.800. The number of benzene rings is 5. The first-order valence-electron chi connectivity index (χ1n) is 16.3. The number of hydrogen-bond donors (Lipinski definition) is 0. The number of rotatable bonds is 6. The maximum atomic E-state index is 5.33. The molecule has 0 unspecified atom stereocenters. The van der Waals surface area contributed by atoms with E-state index in [4.69, 9.17) is 10.1 Å². The lowest BCUT2D eigenvalue weighted by Crippen LogP contribution is -1.97. The minimum atomic E-state index is 0.800. The van der Waals surface area contributed by atoms with Gasteiger partial charge in [0.1, 0.15) is 5.69 Å². The van der Waals surface area contributed by atoms with Gasteiger partial charge in [0.25, 0.3) is 0 Å². The number of nitrogens with zero attached hydrogens (tertiary/aromatic N) is 5. The Hall–Kier alpha value is -6.72. The smallest absolute Gasteiger partial charge is 0.101 e. The van der Waals surface area contributed by atoms with Gasteiger partial charge in [-0.25, -0.2) is 9.67 Å². The summed E-state index contributed by atoms with van der Waals surface area (Å²) in [4.78, 5) is 14.2. The third-order valence-electron chi connectivity index (χ3n) is 8.91. The average molecular weight is 628 g/mol. The summed E-state index contributed by atoms with van der Waals surface area (Å²) < 4.78 is 2.11. The fourth-order valence-corrected chi connectivity index (χ4v) is 6.61. The van der Waals surface area contributed by atoms with Gasteiger partial charge in [0.05, 0.1) is 34.0 Å². The standard InChI is InChI=1S/C44H29N5/c1-4-14-30(15-5-1)37-27-34-26-32(33-28-40(38-20-10-12-24-45-38)47-41(29-33)39-21-11-13-25-46-39)22-23-36(34)44-42(37)43(31-16-6-2-7-17-31)48-49(44)35-18-8-3-9-19-35/h1-29H. The quantitative estimate of drug-likeness (QED) is 0.184. The molecule has 4 heterocycles. The van der Waals surface area contributed by atoms with Gasteiger partial charge in [0.2, 0.25) is 0 Å². The van der Waals surface area contributed by atoms with E-state index in [0.29, 0.717) is 0 Å². The van der Waals surface area contributed by atoms with Gasteiger partial charge in [-0.1, -0.05) is 103 Å². The lowest BCUT2D eigenvalue weighted by molar-refractivity contribution is 0.918. The van der Waals surface area contributed by atoms with Gasteiger partial charge in [0.15, 0.2) is 0 Å². The second-order valence-corrected chi connectivity index (χ2v) is 12.0. The molecule has 0 bridgehead atoms. The Bertz CT molecular complexity index is 2510. The van der Waals surface area contributed by atoms with E-state index in [2.05, 4.69) is 130 Å². The van der Waals surface area contributed by atoms with Crippen LogP contribution in [0.15, 0.2) is 176 Å². The van der Waals surface area contributed by atoms with E-state index in [-0.39, 0.29) is 0 Å². The normalized spacial score (nSPS) is 11.3. The van der Waals surface area contributed by atoms with Crippen molar-refractivity contribution in [2.45, 2.75) is 0 Å². The van der Waals surface area contributed by atoms with Crippen molar-refractivity contribution in [2.75, 3.05) is 0 Å². The molecule has 9 rings (SSSR count). The molecule has 0 radical (unpaired) electrons. The van der Waals surface area contributed by atoms with Crippen LogP contribution in [0.2, 0.25) is 0 Å². The van der Waals surface area contributed by atoms with Gasteiger partial charge in [-0.05, 0) is 88.3 Å². The highest BCUT2D eigenvalue weighted by Crippen LogP contribution is 2.42. The Morgan fingerprint density at radius 2 is 1.02 bits per heavy atom. The van der Waals surface area contributed by atoms with Gasteiger partial charge >= 0.3 is 0 Å². The van der Waals surface area contributed by atoms with E-state index in [1.165, 1.54) is 0 Å². The van der Waals surface area contributed by atoms with Crippen LogP contribution in [0.1, 0.15) is 0 Å². The van der Waals surface area contributed by atoms with E-state index in [1.54, 1.807) is 12.4 Å². The van der Waals surface area contributed by atoms with Crippen LogP contribution >= 0.6 is 0 Å². The summed E-state index contributed by atoms with van der Waals surface area (Å²) >= 11 is 0. The molecule has 0 aliphatic heterocycles. The Morgan fingerprint density at radius 3 is 1.63 bits per heavy atom. The number of hydrogen-bond acceptors (Lipinski definition) is 4. The predicted octanol–water partition coefficient (Wildman–Crippen LogP) is 10.7. The van der Waals surface area contributed by atoms with Crippen LogP contribution in [0.4, 0.5) is 0 Å². The summed E-state index contributed by atoms with van der Waals surface area (Å²) in [6.07, 6.45) is 3.60. The zero-order chi connectivity index (χ0) is 32.6. The molecule has 0 saturated carbocycles. The molecule has 0 fully saturated rings. The highest BCUT2D eigenvalue weighted by atomic mass is 15.3. The fourth-order valence-electron chi connectivity index (χ4n) is 6.61. The van der Waals surface area contributed by atoms with Crippen molar-refractivity contribution >= 4 is 21.7 Å². The SMILES string of the molecule is c1ccc(-c2cc3cc(-c4cc(-c5ccccn5)nc(-c5ccccn5)c4)ccc3c3c2c(-c2ccccc2)nn3-c2ccccc2)cc1. The number of para-hydroxylation sites is 1. The van der Waals surface area contributed by atoms with E-state index in [0.717, 1.165) is 83.6 Å². The second kappa shape index (κ2) is 12.1. The van der Waals surface area contributed by atoms with Crippen LogP contribution in [-0.2, 0) is 0 Å². The lowest BCUT2D eigenvalue weighted by Gasteiger charge is -2.13. The van der Waals surface area contributed by atoms with Gasteiger partial charge in [0, 0.05) is 28.7 Å². The maximum Gasteiger partial charge on any atom is 0.101 e. The molecule has 230 valence electrons. The average Bonchev–Trinajstić information content (AvgIpc) is 3.60. The molecule has 0 spiro atoms. The summed E-state index contributed by atoms with van der Waals surface area (Å²) in [5.41, 5.74) is 11.8. The van der Waals surface area contributed by atoms with Gasteiger partial charge in [-0.2, -0.15) is 5.10 Å². The molecule has 5 heteroatoms. The number of aromatic nitrogens is 5. The van der Waals surface area contributed by atoms with Crippen molar-refractivity contribution in [3.05, 3.63) is 176 Å². The van der Waals surface area contributed by atoms with Gasteiger partial charge in [-0.15, -0.1) is 0 Å². The zero-order valence-electron chi connectivity index (χ0n) is 26.5. The summed E-state index contributed by atoms with van der Waals surface area (Å²) in [6.45, 7) is 0. The van der Waals surface area contributed by atoms with Gasteiger partial charge < -0.3 is 0 Å². The van der Waals surface area contributed by atoms with Crippen molar-refractivity contribution in [1.82, 2.24) is 24.7 Å².